The van der Waals surface area contributed by atoms with Crippen molar-refractivity contribution in [2.24, 2.45) is 0 Å². The van der Waals surface area contributed by atoms with Crippen LogP contribution in [-0.4, -0.2) is 0 Å². The second-order valence-electron chi connectivity index (χ2n) is 3.04. The number of benzene rings is 1. The van der Waals surface area contributed by atoms with E-state index in [1.165, 1.54) is 16.7 Å². The molecule has 0 N–H and O–H groups in total. The van der Waals surface area contributed by atoms with E-state index in [1.54, 1.807) is 0 Å². The number of rotatable bonds is 2. The molecule has 0 aliphatic carbocycles. The average molecular weight is 160 g/mol. The summed E-state index contributed by atoms with van der Waals surface area (Å²) >= 11 is 0. The van der Waals surface area contributed by atoms with Crippen LogP contribution in [0.2, 0.25) is 0 Å². The van der Waals surface area contributed by atoms with Crippen molar-refractivity contribution in [3.05, 3.63) is 41.0 Å². The maximum Gasteiger partial charge on any atom is -0.0230 e. The van der Waals surface area contributed by atoms with Gasteiger partial charge in [-0.2, -0.15) is 0 Å². The Morgan fingerprint density at radius 2 is 2.08 bits per heavy atom. The first-order valence-electron chi connectivity index (χ1n) is 4.50. The van der Waals surface area contributed by atoms with Crippen LogP contribution in [0.3, 0.4) is 0 Å². The second kappa shape index (κ2) is 4.10. The molecule has 0 aromatic heterocycles. The van der Waals surface area contributed by atoms with Crippen molar-refractivity contribution in [2.75, 3.05) is 0 Å². The van der Waals surface area contributed by atoms with E-state index in [9.17, 15) is 0 Å². The van der Waals surface area contributed by atoms with E-state index in [2.05, 4.69) is 44.2 Å². The van der Waals surface area contributed by atoms with Gasteiger partial charge in [-0.1, -0.05) is 37.3 Å². The minimum absolute atomic E-state index is 1.12. The summed E-state index contributed by atoms with van der Waals surface area (Å²) in [5.74, 6) is 0. The molecule has 0 aliphatic heterocycles. The first kappa shape index (κ1) is 9.05. The van der Waals surface area contributed by atoms with Gasteiger partial charge in [0.05, 0.1) is 0 Å². The molecule has 0 saturated heterocycles. The summed E-state index contributed by atoms with van der Waals surface area (Å²) in [6.07, 6.45) is 5.35. The van der Waals surface area contributed by atoms with E-state index in [0.29, 0.717) is 0 Å². The summed E-state index contributed by atoms with van der Waals surface area (Å²) in [5, 5.41) is 0. The molecule has 0 spiro atoms. The van der Waals surface area contributed by atoms with Crippen LogP contribution in [-0.2, 0) is 6.42 Å². The zero-order valence-corrected chi connectivity index (χ0v) is 8.09. The molecule has 0 aliphatic rings. The van der Waals surface area contributed by atoms with Crippen molar-refractivity contribution in [2.45, 2.75) is 27.2 Å². The fourth-order valence-corrected chi connectivity index (χ4v) is 1.32. The third kappa shape index (κ3) is 1.97. The molecule has 1 aromatic rings. The van der Waals surface area contributed by atoms with Crippen LogP contribution in [0.5, 0.6) is 0 Å². The molecular formula is C12H16. The number of aryl methyl sites for hydroxylation is 2. The Bertz CT molecular complexity index is 282. The third-order valence-corrected chi connectivity index (χ3v) is 2.09. The van der Waals surface area contributed by atoms with Crippen molar-refractivity contribution in [1.82, 2.24) is 0 Å². The van der Waals surface area contributed by atoms with E-state index >= 15 is 0 Å². The summed E-state index contributed by atoms with van der Waals surface area (Å²) < 4.78 is 0. The first-order chi connectivity index (χ1) is 5.77. The summed E-state index contributed by atoms with van der Waals surface area (Å²) in [5.41, 5.74) is 4.11. The normalized spacial score (nSPS) is 10.9. The first-order valence-corrected chi connectivity index (χ1v) is 4.50. The van der Waals surface area contributed by atoms with Gasteiger partial charge >= 0.3 is 0 Å². The average Bonchev–Trinajstić information content (AvgIpc) is 2.09. The van der Waals surface area contributed by atoms with Crippen molar-refractivity contribution in [3.63, 3.8) is 0 Å². The lowest BCUT2D eigenvalue weighted by atomic mass is 10.0. The molecule has 1 aromatic carbocycles. The lowest BCUT2D eigenvalue weighted by Gasteiger charge is -2.02. The zero-order chi connectivity index (χ0) is 8.97. The van der Waals surface area contributed by atoms with Gasteiger partial charge in [0.1, 0.15) is 0 Å². The highest BCUT2D eigenvalue weighted by Gasteiger charge is 1.94. The molecule has 1 rings (SSSR count). The molecule has 0 radical (unpaired) electrons. The summed E-state index contributed by atoms with van der Waals surface area (Å²) in [6.45, 7) is 6.39. The minimum Gasteiger partial charge on any atom is -0.0871 e. The lowest BCUT2D eigenvalue weighted by molar-refractivity contribution is 1.13. The van der Waals surface area contributed by atoms with Crippen LogP contribution in [0.1, 0.15) is 30.5 Å². The Balaban J connectivity index is 3.03. The molecule has 0 unspecified atom stereocenters. The van der Waals surface area contributed by atoms with E-state index in [1.807, 2.05) is 6.92 Å². The van der Waals surface area contributed by atoms with Crippen molar-refractivity contribution >= 4 is 6.08 Å². The van der Waals surface area contributed by atoms with Crippen LogP contribution in [0.15, 0.2) is 24.3 Å². The maximum atomic E-state index is 2.26. The van der Waals surface area contributed by atoms with Gasteiger partial charge in [0.2, 0.25) is 0 Å². The number of hydrogen-bond donors (Lipinski definition) is 0. The summed E-state index contributed by atoms with van der Waals surface area (Å²) in [6, 6.07) is 6.64. The molecule has 64 valence electrons. The Labute approximate surface area is 74.9 Å². The standard InChI is InChI=1S/C12H16/c1-4-6-12-8-7-11(5-2)9-10(12)3/h4,6-9H,5H2,1-3H3/b6-4-. The highest BCUT2D eigenvalue weighted by atomic mass is 14.0. The quantitative estimate of drug-likeness (QED) is 0.620. The lowest BCUT2D eigenvalue weighted by Crippen LogP contribution is -1.84. The Morgan fingerprint density at radius 1 is 1.33 bits per heavy atom. The second-order valence-corrected chi connectivity index (χ2v) is 3.04. The predicted molar refractivity (Wildman–Crippen MR) is 55.3 cm³/mol. The summed E-state index contributed by atoms with van der Waals surface area (Å²) in [7, 11) is 0. The molecule has 0 heteroatoms. The smallest absolute Gasteiger partial charge is 0.0230 e. The van der Waals surface area contributed by atoms with E-state index in [4.69, 9.17) is 0 Å². The fourth-order valence-electron chi connectivity index (χ4n) is 1.32. The van der Waals surface area contributed by atoms with Gasteiger partial charge in [0.15, 0.2) is 0 Å². The van der Waals surface area contributed by atoms with Crippen LogP contribution in [0, 0.1) is 6.92 Å². The Hall–Kier alpha value is -1.04. The number of hydrogen-bond acceptors (Lipinski definition) is 0. The molecule has 0 atom stereocenters. The van der Waals surface area contributed by atoms with Gasteiger partial charge in [-0.15, -0.1) is 0 Å². The fraction of sp³-hybridized carbons (Fsp3) is 0.333. The molecule has 0 fully saturated rings. The summed E-state index contributed by atoms with van der Waals surface area (Å²) in [4.78, 5) is 0. The van der Waals surface area contributed by atoms with Crippen LogP contribution in [0.4, 0.5) is 0 Å². The SMILES string of the molecule is C/C=C\c1ccc(CC)cc1C. The van der Waals surface area contributed by atoms with Gasteiger partial charge < -0.3 is 0 Å². The molecule has 0 amide bonds. The predicted octanol–water partition coefficient (Wildman–Crippen LogP) is 3.59. The van der Waals surface area contributed by atoms with Gasteiger partial charge in [0.25, 0.3) is 0 Å². The third-order valence-electron chi connectivity index (χ3n) is 2.09. The highest BCUT2D eigenvalue weighted by molar-refractivity contribution is 5.53. The van der Waals surface area contributed by atoms with Gasteiger partial charge in [-0.25, -0.2) is 0 Å². The van der Waals surface area contributed by atoms with E-state index in [0.717, 1.165) is 6.42 Å². The van der Waals surface area contributed by atoms with Crippen molar-refractivity contribution in [1.29, 1.82) is 0 Å². The van der Waals surface area contributed by atoms with Gasteiger partial charge in [-0.3, -0.25) is 0 Å². The molecule has 0 heterocycles. The maximum absolute atomic E-state index is 2.26. The molecular weight excluding hydrogens is 144 g/mol. The van der Waals surface area contributed by atoms with E-state index < -0.39 is 0 Å². The Kier molecular flexibility index (Phi) is 3.09. The van der Waals surface area contributed by atoms with Gasteiger partial charge in [0, 0.05) is 0 Å². The molecule has 12 heavy (non-hydrogen) atoms. The van der Waals surface area contributed by atoms with Crippen molar-refractivity contribution < 1.29 is 0 Å². The largest absolute Gasteiger partial charge is 0.0871 e. The molecule has 0 nitrogen and oxygen atoms in total. The molecule has 0 bridgehead atoms. The van der Waals surface area contributed by atoms with E-state index in [-0.39, 0.29) is 0 Å². The topological polar surface area (TPSA) is 0 Å². The monoisotopic (exact) mass is 160 g/mol. The molecule has 0 saturated carbocycles. The van der Waals surface area contributed by atoms with Crippen LogP contribution < -0.4 is 0 Å². The zero-order valence-electron chi connectivity index (χ0n) is 8.09. The highest BCUT2D eigenvalue weighted by Crippen LogP contribution is 2.12. The minimum atomic E-state index is 1.12. The van der Waals surface area contributed by atoms with Gasteiger partial charge in [-0.05, 0) is 37.0 Å². The Morgan fingerprint density at radius 3 is 2.58 bits per heavy atom. The van der Waals surface area contributed by atoms with Crippen LogP contribution >= 0.6 is 0 Å². The van der Waals surface area contributed by atoms with Crippen LogP contribution in [0.25, 0.3) is 6.08 Å². The van der Waals surface area contributed by atoms with Crippen molar-refractivity contribution in [3.8, 4) is 0 Å². The number of allylic oxidation sites excluding steroid dienone is 1.